The molecule has 0 saturated carbocycles. The number of amides is 3. The van der Waals surface area contributed by atoms with Crippen molar-refractivity contribution in [1.82, 2.24) is 10.2 Å². The van der Waals surface area contributed by atoms with Crippen LogP contribution in [0.4, 0.5) is 10.5 Å². The van der Waals surface area contributed by atoms with Crippen LogP contribution in [-0.2, 0) is 14.3 Å². The highest BCUT2D eigenvalue weighted by Crippen LogP contribution is 2.29. The highest BCUT2D eigenvalue weighted by Gasteiger charge is 2.34. The highest BCUT2D eigenvalue weighted by atomic mass is 16.6. The third kappa shape index (κ3) is 7.12. The summed E-state index contributed by atoms with van der Waals surface area (Å²) in [5.74, 6) is -0.880. The number of anilines is 1. The molecule has 0 bridgehead atoms. The van der Waals surface area contributed by atoms with E-state index in [0.717, 1.165) is 10.8 Å². The molecule has 0 aromatic heterocycles. The van der Waals surface area contributed by atoms with Gasteiger partial charge in [-0.1, -0.05) is 42.5 Å². The number of hydrogen-bond acceptors (Lipinski definition) is 5. The molecule has 3 aromatic carbocycles. The SMILES string of the molecule is C=CCN(C(=O)C(C)NC(=O)OC(C)(C)C)C(C(=O)Nc1ccc2ccccc2c1)c1ccc(O)c(C)c1. The lowest BCUT2D eigenvalue weighted by molar-refractivity contribution is -0.139. The molecule has 0 radical (unpaired) electrons. The number of carbonyl (C=O) groups is 3. The maximum Gasteiger partial charge on any atom is 0.408 e. The van der Waals surface area contributed by atoms with Gasteiger partial charge < -0.3 is 25.4 Å². The molecule has 0 aliphatic heterocycles. The van der Waals surface area contributed by atoms with Gasteiger partial charge in [-0.3, -0.25) is 9.59 Å². The summed E-state index contributed by atoms with van der Waals surface area (Å²) in [7, 11) is 0. The van der Waals surface area contributed by atoms with Crippen molar-refractivity contribution in [3.63, 3.8) is 0 Å². The van der Waals surface area contributed by atoms with Crippen molar-refractivity contribution in [3.8, 4) is 5.75 Å². The van der Waals surface area contributed by atoms with Crippen molar-refractivity contribution in [2.24, 2.45) is 0 Å². The Balaban J connectivity index is 1.96. The first kappa shape index (κ1) is 28.2. The van der Waals surface area contributed by atoms with Gasteiger partial charge in [0.2, 0.25) is 5.91 Å². The van der Waals surface area contributed by atoms with Crippen LogP contribution >= 0.6 is 0 Å². The molecule has 8 heteroatoms. The minimum atomic E-state index is -1.07. The average molecular weight is 518 g/mol. The summed E-state index contributed by atoms with van der Waals surface area (Å²) in [6.45, 7) is 12.2. The van der Waals surface area contributed by atoms with Crippen molar-refractivity contribution in [2.45, 2.75) is 52.3 Å². The van der Waals surface area contributed by atoms with Gasteiger partial charge in [0.05, 0.1) is 0 Å². The first-order chi connectivity index (χ1) is 17.9. The number of benzene rings is 3. The van der Waals surface area contributed by atoms with E-state index >= 15 is 0 Å². The number of aryl methyl sites for hydroxylation is 1. The van der Waals surface area contributed by atoms with E-state index in [-0.39, 0.29) is 12.3 Å². The number of alkyl carbamates (subject to hydrolysis) is 1. The summed E-state index contributed by atoms with van der Waals surface area (Å²) in [4.78, 5) is 41.1. The number of nitrogens with one attached hydrogen (secondary N) is 2. The Morgan fingerprint density at radius 1 is 1.05 bits per heavy atom. The van der Waals surface area contributed by atoms with E-state index in [4.69, 9.17) is 4.74 Å². The fraction of sp³-hybridized carbons (Fsp3) is 0.300. The highest BCUT2D eigenvalue weighted by molar-refractivity contribution is 6.00. The minimum Gasteiger partial charge on any atom is -0.508 e. The number of hydrogen-bond donors (Lipinski definition) is 3. The number of phenols is 1. The molecule has 0 saturated heterocycles. The monoisotopic (exact) mass is 517 g/mol. The molecular formula is C30H35N3O5. The lowest BCUT2D eigenvalue weighted by Gasteiger charge is -2.33. The van der Waals surface area contributed by atoms with Crippen molar-refractivity contribution in [1.29, 1.82) is 0 Å². The molecule has 2 unspecified atom stereocenters. The second-order valence-corrected chi connectivity index (χ2v) is 10.1. The number of ether oxygens (including phenoxy) is 1. The third-order valence-corrected chi connectivity index (χ3v) is 5.83. The summed E-state index contributed by atoms with van der Waals surface area (Å²) in [6.07, 6.45) is 0.774. The molecule has 8 nitrogen and oxygen atoms in total. The molecule has 3 aromatic rings. The lowest BCUT2D eigenvalue weighted by Crippen LogP contribution is -2.51. The predicted molar refractivity (Wildman–Crippen MR) is 149 cm³/mol. The van der Waals surface area contributed by atoms with Gasteiger partial charge in [0.25, 0.3) is 5.91 Å². The Bertz CT molecular complexity index is 1350. The third-order valence-electron chi connectivity index (χ3n) is 5.83. The molecule has 38 heavy (non-hydrogen) atoms. The Kier molecular flexibility index (Phi) is 8.78. The van der Waals surface area contributed by atoms with Crippen LogP contribution in [0.15, 0.2) is 73.3 Å². The van der Waals surface area contributed by atoms with Gasteiger partial charge in [-0.25, -0.2) is 4.79 Å². The second kappa shape index (κ2) is 11.8. The molecular weight excluding hydrogens is 482 g/mol. The van der Waals surface area contributed by atoms with Gasteiger partial charge in [-0.15, -0.1) is 6.58 Å². The van der Waals surface area contributed by atoms with Crippen LogP contribution in [0.2, 0.25) is 0 Å². The molecule has 0 fully saturated rings. The van der Waals surface area contributed by atoms with Crippen LogP contribution < -0.4 is 10.6 Å². The van der Waals surface area contributed by atoms with Crippen LogP contribution in [-0.4, -0.2) is 46.1 Å². The molecule has 0 aliphatic carbocycles. The van der Waals surface area contributed by atoms with E-state index in [0.29, 0.717) is 16.8 Å². The zero-order valence-corrected chi connectivity index (χ0v) is 22.4. The summed E-state index contributed by atoms with van der Waals surface area (Å²) in [6, 6.07) is 16.0. The largest absolute Gasteiger partial charge is 0.508 e. The number of rotatable bonds is 8. The standard InChI is InChI=1S/C30H35N3O5/c1-7-16-33(28(36)20(3)31-29(37)38-30(4,5)6)26(23-13-15-25(34)19(2)17-23)27(35)32-24-14-12-21-10-8-9-11-22(21)18-24/h7-15,17-18,20,26,34H,1,16H2,2-6H3,(H,31,37)(H,32,35). The van der Waals surface area contributed by atoms with Crippen LogP contribution in [0, 0.1) is 6.92 Å². The van der Waals surface area contributed by atoms with E-state index in [1.807, 2.05) is 36.4 Å². The number of phenolic OH excluding ortho intramolecular Hbond substituents is 1. The molecule has 3 amide bonds. The second-order valence-electron chi connectivity index (χ2n) is 10.1. The van der Waals surface area contributed by atoms with E-state index in [2.05, 4.69) is 17.2 Å². The first-order valence-electron chi connectivity index (χ1n) is 12.4. The van der Waals surface area contributed by atoms with Gasteiger partial charge >= 0.3 is 6.09 Å². The smallest absolute Gasteiger partial charge is 0.408 e. The van der Waals surface area contributed by atoms with E-state index in [1.54, 1.807) is 45.9 Å². The normalized spacial score (nSPS) is 12.8. The van der Waals surface area contributed by atoms with Crippen molar-refractivity contribution >= 4 is 34.4 Å². The minimum absolute atomic E-state index is 0.0366. The Morgan fingerprint density at radius 3 is 2.37 bits per heavy atom. The summed E-state index contributed by atoms with van der Waals surface area (Å²) < 4.78 is 5.29. The van der Waals surface area contributed by atoms with Crippen molar-refractivity contribution < 1.29 is 24.2 Å². The molecule has 3 N–H and O–H groups in total. The Morgan fingerprint density at radius 2 is 1.74 bits per heavy atom. The average Bonchev–Trinajstić information content (AvgIpc) is 2.84. The number of nitrogens with zero attached hydrogens (tertiary/aromatic N) is 1. The molecule has 0 aliphatic rings. The number of fused-ring (bicyclic) bond motifs is 1. The molecule has 3 rings (SSSR count). The number of aromatic hydroxyl groups is 1. The van der Waals surface area contributed by atoms with Crippen molar-refractivity contribution in [3.05, 3.63) is 84.4 Å². The quantitative estimate of drug-likeness (QED) is 0.344. The van der Waals surface area contributed by atoms with Crippen LogP contribution in [0.3, 0.4) is 0 Å². The Hall–Kier alpha value is -4.33. The molecule has 0 heterocycles. The maximum absolute atomic E-state index is 13.8. The number of carbonyl (C=O) groups excluding carboxylic acids is 3. The zero-order valence-electron chi connectivity index (χ0n) is 22.4. The first-order valence-corrected chi connectivity index (χ1v) is 12.4. The summed E-state index contributed by atoms with van der Waals surface area (Å²) >= 11 is 0. The van der Waals surface area contributed by atoms with E-state index in [1.165, 1.54) is 24.0 Å². The van der Waals surface area contributed by atoms with Gasteiger partial charge in [-0.2, -0.15) is 0 Å². The maximum atomic E-state index is 13.8. The zero-order chi connectivity index (χ0) is 28.0. The summed E-state index contributed by atoms with van der Waals surface area (Å²) in [5, 5.41) is 17.5. The van der Waals surface area contributed by atoms with Crippen LogP contribution in [0.25, 0.3) is 10.8 Å². The van der Waals surface area contributed by atoms with Crippen LogP contribution in [0.5, 0.6) is 5.75 Å². The fourth-order valence-electron chi connectivity index (χ4n) is 4.06. The molecule has 0 spiro atoms. The van der Waals surface area contributed by atoms with Crippen molar-refractivity contribution in [2.75, 3.05) is 11.9 Å². The molecule has 200 valence electrons. The van der Waals surface area contributed by atoms with Gasteiger partial charge in [0.15, 0.2) is 0 Å². The fourth-order valence-corrected chi connectivity index (χ4v) is 4.06. The van der Waals surface area contributed by atoms with E-state index in [9.17, 15) is 19.5 Å². The van der Waals surface area contributed by atoms with Gasteiger partial charge in [-0.05, 0) is 80.8 Å². The van der Waals surface area contributed by atoms with E-state index < -0.39 is 35.6 Å². The topological polar surface area (TPSA) is 108 Å². The lowest BCUT2D eigenvalue weighted by atomic mass is 10.00. The predicted octanol–water partition coefficient (Wildman–Crippen LogP) is 5.46. The summed E-state index contributed by atoms with van der Waals surface area (Å²) in [5.41, 5.74) is 0.884. The van der Waals surface area contributed by atoms with Crippen LogP contribution in [0.1, 0.15) is 44.9 Å². The Labute approximate surface area is 223 Å². The van der Waals surface area contributed by atoms with Gasteiger partial charge in [0.1, 0.15) is 23.4 Å². The molecule has 2 atom stereocenters. The van der Waals surface area contributed by atoms with Gasteiger partial charge in [0, 0.05) is 12.2 Å².